The van der Waals surface area contributed by atoms with Crippen LogP contribution in [-0.4, -0.2) is 15.6 Å². The first-order valence-corrected chi connectivity index (χ1v) is 5.72. The average molecular weight is 261 g/mol. The van der Waals surface area contributed by atoms with E-state index in [1.54, 1.807) is 0 Å². The Labute approximate surface area is 108 Å². The lowest BCUT2D eigenvalue weighted by atomic mass is 10.1. The van der Waals surface area contributed by atoms with E-state index in [-0.39, 0.29) is 22.7 Å². The van der Waals surface area contributed by atoms with Crippen molar-refractivity contribution in [2.45, 2.75) is 6.42 Å². The van der Waals surface area contributed by atoms with E-state index in [2.05, 4.69) is 10.4 Å². The van der Waals surface area contributed by atoms with Crippen molar-refractivity contribution in [2.24, 2.45) is 0 Å². The number of H-pyrrole nitrogens is 1. The number of rotatable bonds is 3. The highest BCUT2D eigenvalue weighted by Crippen LogP contribution is 1.99. The lowest BCUT2D eigenvalue weighted by Crippen LogP contribution is -2.34. The summed E-state index contributed by atoms with van der Waals surface area (Å²) in [5.74, 6) is -0.297. The standard InChI is InChI=1S/C12H11N3O2S/c16-10(8-9-4-2-1-3-5-9)14-15-11(17)6-7-13-12(15)18/h1-7H,8H2,(H,13,18)(H,14,16). The Hall–Kier alpha value is -2.21. The molecule has 0 bridgehead atoms. The predicted molar refractivity (Wildman–Crippen MR) is 70.4 cm³/mol. The number of aromatic amines is 1. The molecule has 92 valence electrons. The number of carbonyl (C=O) groups excluding carboxylic acids is 1. The molecule has 6 heteroatoms. The predicted octanol–water partition coefficient (Wildman–Crippen LogP) is 1.22. The number of nitrogens with one attached hydrogen (secondary N) is 2. The maximum atomic E-state index is 11.8. The Morgan fingerprint density at radius 1 is 1.28 bits per heavy atom. The van der Waals surface area contributed by atoms with Crippen LogP contribution in [0.3, 0.4) is 0 Å². The second-order valence-corrected chi connectivity index (χ2v) is 4.04. The molecule has 1 amide bonds. The summed E-state index contributed by atoms with van der Waals surface area (Å²) >= 11 is 4.92. The topological polar surface area (TPSA) is 66.9 Å². The molecule has 0 aliphatic heterocycles. The van der Waals surface area contributed by atoms with E-state index in [4.69, 9.17) is 12.2 Å². The molecule has 0 atom stereocenters. The first-order valence-electron chi connectivity index (χ1n) is 5.31. The molecule has 0 fully saturated rings. The van der Waals surface area contributed by atoms with Gasteiger partial charge in [0, 0.05) is 12.3 Å². The van der Waals surface area contributed by atoms with Gasteiger partial charge in [-0.05, 0) is 17.8 Å². The van der Waals surface area contributed by atoms with Gasteiger partial charge in [0.25, 0.3) is 5.56 Å². The van der Waals surface area contributed by atoms with Gasteiger partial charge in [-0.1, -0.05) is 30.3 Å². The SMILES string of the molecule is O=C(Cc1ccccc1)Nn1c(=O)cc[nH]c1=S. The minimum Gasteiger partial charge on any atom is -0.337 e. The monoisotopic (exact) mass is 261 g/mol. The van der Waals surface area contributed by atoms with Crippen LogP contribution in [0.4, 0.5) is 0 Å². The molecule has 1 heterocycles. The summed E-state index contributed by atoms with van der Waals surface area (Å²) in [5.41, 5.74) is 2.95. The number of amides is 1. The van der Waals surface area contributed by atoms with Crippen LogP contribution >= 0.6 is 12.2 Å². The maximum Gasteiger partial charge on any atom is 0.273 e. The van der Waals surface area contributed by atoms with Crippen LogP contribution < -0.4 is 11.0 Å². The molecule has 18 heavy (non-hydrogen) atoms. The third-order valence-corrected chi connectivity index (χ3v) is 2.60. The van der Waals surface area contributed by atoms with Crippen molar-refractivity contribution >= 4 is 18.1 Å². The molecule has 1 aromatic carbocycles. The Kier molecular flexibility index (Phi) is 3.69. The minimum absolute atomic E-state index is 0.156. The third kappa shape index (κ3) is 2.92. The molecule has 0 spiro atoms. The maximum absolute atomic E-state index is 11.8. The Bertz CT molecular complexity index is 633. The molecule has 0 unspecified atom stereocenters. The molecular weight excluding hydrogens is 250 g/mol. The Morgan fingerprint density at radius 2 is 2.00 bits per heavy atom. The van der Waals surface area contributed by atoms with Crippen LogP contribution in [0, 0.1) is 4.77 Å². The van der Waals surface area contributed by atoms with E-state index in [0.717, 1.165) is 10.2 Å². The summed E-state index contributed by atoms with van der Waals surface area (Å²) in [5, 5.41) is 0. The van der Waals surface area contributed by atoms with Gasteiger partial charge >= 0.3 is 0 Å². The molecule has 0 aliphatic carbocycles. The summed E-state index contributed by atoms with van der Waals surface area (Å²) in [6.45, 7) is 0. The van der Waals surface area contributed by atoms with Gasteiger partial charge in [-0.25, -0.2) is 0 Å². The molecule has 2 N–H and O–H groups in total. The minimum atomic E-state index is -0.375. The van der Waals surface area contributed by atoms with Crippen LogP contribution in [0.15, 0.2) is 47.4 Å². The number of nitrogens with zero attached hydrogens (tertiary/aromatic N) is 1. The largest absolute Gasteiger partial charge is 0.337 e. The molecule has 0 saturated carbocycles. The first kappa shape index (κ1) is 12.3. The fourth-order valence-corrected chi connectivity index (χ4v) is 1.68. The second-order valence-electron chi connectivity index (χ2n) is 3.65. The summed E-state index contributed by atoms with van der Waals surface area (Å²) in [4.78, 5) is 25.9. The van der Waals surface area contributed by atoms with Gasteiger partial charge < -0.3 is 4.98 Å². The number of carbonyl (C=O) groups is 1. The van der Waals surface area contributed by atoms with E-state index >= 15 is 0 Å². The Morgan fingerprint density at radius 3 is 2.67 bits per heavy atom. The quantitative estimate of drug-likeness (QED) is 0.816. The summed E-state index contributed by atoms with van der Waals surface area (Å²) in [6, 6.07) is 10.5. The van der Waals surface area contributed by atoms with Crippen LogP contribution in [0.2, 0.25) is 0 Å². The smallest absolute Gasteiger partial charge is 0.273 e. The number of benzene rings is 1. The first-order chi connectivity index (χ1) is 8.66. The van der Waals surface area contributed by atoms with Crippen molar-refractivity contribution in [3.8, 4) is 0 Å². The van der Waals surface area contributed by atoms with Crippen molar-refractivity contribution in [1.29, 1.82) is 0 Å². The number of hydrogen-bond acceptors (Lipinski definition) is 3. The summed E-state index contributed by atoms with van der Waals surface area (Å²) in [7, 11) is 0. The zero-order chi connectivity index (χ0) is 13.0. The van der Waals surface area contributed by atoms with Crippen molar-refractivity contribution in [2.75, 3.05) is 5.43 Å². The molecule has 2 rings (SSSR count). The summed E-state index contributed by atoms with van der Waals surface area (Å²) in [6.07, 6.45) is 1.63. The van der Waals surface area contributed by atoms with Gasteiger partial charge in [0.15, 0.2) is 4.77 Å². The molecule has 0 radical (unpaired) electrons. The van der Waals surface area contributed by atoms with Gasteiger partial charge in [0.1, 0.15) is 0 Å². The fraction of sp³-hybridized carbons (Fsp3) is 0.0833. The van der Waals surface area contributed by atoms with Gasteiger partial charge in [0.2, 0.25) is 5.91 Å². The second kappa shape index (κ2) is 5.42. The van der Waals surface area contributed by atoms with Crippen LogP contribution in [0.1, 0.15) is 5.56 Å². The van der Waals surface area contributed by atoms with Crippen molar-refractivity contribution in [3.05, 3.63) is 63.3 Å². The zero-order valence-electron chi connectivity index (χ0n) is 9.42. The molecule has 0 saturated heterocycles. The highest BCUT2D eigenvalue weighted by Gasteiger charge is 2.05. The van der Waals surface area contributed by atoms with Crippen molar-refractivity contribution < 1.29 is 4.79 Å². The van der Waals surface area contributed by atoms with Crippen molar-refractivity contribution in [1.82, 2.24) is 9.66 Å². The van der Waals surface area contributed by atoms with Gasteiger partial charge in [0.05, 0.1) is 6.42 Å². The third-order valence-electron chi connectivity index (χ3n) is 2.30. The van der Waals surface area contributed by atoms with E-state index < -0.39 is 0 Å². The van der Waals surface area contributed by atoms with Crippen LogP contribution in [-0.2, 0) is 11.2 Å². The number of hydrogen-bond donors (Lipinski definition) is 2. The van der Waals surface area contributed by atoms with Crippen LogP contribution in [0.25, 0.3) is 0 Å². The average Bonchev–Trinajstić information content (AvgIpc) is 2.35. The lowest BCUT2D eigenvalue weighted by molar-refractivity contribution is -0.116. The Balaban J connectivity index is 2.13. The van der Waals surface area contributed by atoms with E-state index in [9.17, 15) is 9.59 Å². The lowest BCUT2D eigenvalue weighted by Gasteiger charge is -2.07. The van der Waals surface area contributed by atoms with Gasteiger partial charge in [-0.3, -0.25) is 15.0 Å². The van der Waals surface area contributed by atoms with E-state index in [1.165, 1.54) is 12.3 Å². The highest BCUT2D eigenvalue weighted by atomic mass is 32.1. The fourth-order valence-electron chi connectivity index (χ4n) is 1.47. The molecule has 1 aromatic heterocycles. The molecular formula is C12H11N3O2S. The van der Waals surface area contributed by atoms with E-state index in [0.29, 0.717) is 0 Å². The van der Waals surface area contributed by atoms with Crippen LogP contribution in [0.5, 0.6) is 0 Å². The van der Waals surface area contributed by atoms with Gasteiger partial charge in [-0.2, -0.15) is 4.68 Å². The highest BCUT2D eigenvalue weighted by molar-refractivity contribution is 7.71. The molecule has 2 aromatic rings. The molecule has 5 nitrogen and oxygen atoms in total. The molecule has 0 aliphatic rings. The summed E-state index contributed by atoms with van der Waals surface area (Å²) < 4.78 is 1.17. The van der Waals surface area contributed by atoms with Gasteiger partial charge in [-0.15, -0.1) is 0 Å². The van der Waals surface area contributed by atoms with E-state index in [1.807, 2.05) is 30.3 Å². The zero-order valence-corrected chi connectivity index (χ0v) is 10.2. The number of aromatic nitrogens is 2. The van der Waals surface area contributed by atoms with Crippen molar-refractivity contribution in [3.63, 3.8) is 0 Å². The normalized spacial score (nSPS) is 10.0.